The standard InChI is InChI=1S/C13H16Br2N2O/c14-10-2-1-3-11(15)13(10)17-12(18)8-9-4-6-16-7-5-9/h1-3,9,16H,4-8H2,(H,17,18). The number of hydrogen-bond donors (Lipinski definition) is 2. The summed E-state index contributed by atoms with van der Waals surface area (Å²) in [4.78, 5) is 12.0. The van der Waals surface area contributed by atoms with Gasteiger partial charge in [-0.15, -0.1) is 0 Å². The Labute approximate surface area is 124 Å². The number of benzene rings is 1. The summed E-state index contributed by atoms with van der Waals surface area (Å²) in [7, 11) is 0. The Bertz CT molecular complexity index is 411. The maximum absolute atomic E-state index is 12.0. The van der Waals surface area contributed by atoms with Gasteiger partial charge in [0.2, 0.25) is 5.91 Å². The van der Waals surface area contributed by atoms with Crippen LogP contribution in [0.15, 0.2) is 27.1 Å². The minimum absolute atomic E-state index is 0.0921. The van der Waals surface area contributed by atoms with Crippen molar-refractivity contribution in [2.24, 2.45) is 5.92 Å². The van der Waals surface area contributed by atoms with Crippen LogP contribution in [0.1, 0.15) is 19.3 Å². The molecule has 1 aromatic carbocycles. The van der Waals surface area contributed by atoms with Crippen molar-refractivity contribution in [3.8, 4) is 0 Å². The number of halogens is 2. The van der Waals surface area contributed by atoms with Crippen LogP contribution in [-0.4, -0.2) is 19.0 Å². The molecular formula is C13H16Br2N2O. The maximum atomic E-state index is 12.0. The van der Waals surface area contributed by atoms with Crippen LogP contribution in [0.4, 0.5) is 5.69 Å². The van der Waals surface area contributed by atoms with E-state index in [1.165, 1.54) is 0 Å². The SMILES string of the molecule is O=C(CC1CCNCC1)Nc1c(Br)cccc1Br. The van der Waals surface area contributed by atoms with Gasteiger partial charge in [-0.25, -0.2) is 0 Å². The second kappa shape index (κ2) is 6.68. The highest BCUT2D eigenvalue weighted by Crippen LogP contribution is 2.31. The van der Waals surface area contributed by atoms with Crippen molar-refractivity contribution < 1.29 is 4.79 Å². The van der Waals surface area contributed by atoms with E-state index < -0.39 is 0 Å². The van der Waals surface area contributed by atoms with Crippen molar-refractivity contribution >= 4 is 43.5 Å². The molecule has 0 saturated carbocycles. The van der Waals surface area contributed by atoms with Crippen LogP contribution in [0.25, 0.3) is 0 Å². The average Bonchev–Trinajstić information content (AvgIpc) is 2.35. The zero-order valence-electron chi connectivity index (χ0n) is 10.0. The molecule has 0 bridgehead atoms. The van der Waals surface area contributed by atoms with Gasteiger partial charge in [0.1, 0.15) is 0 Å². The minimum atomic E-state index is 0.0921. The lowest BCUT2D eigenvalue weighted by molar-refractivity contribution is -0.117. The number of para-hydroxylation sites is 1. The molecule has 1 heterocycles. The van der Waals surface area contributed by atoms with Crippen LogP contribution < -0.4 is 10.6 Å². The van der Waals surface area contributed by atoms with E-state index in [4.69, 9.17) is 0 Å². The Morgan fingerprint density at radius 1 is 1.28 bits per heavy atom. The number of hydrogen-bond acceptors (Lipinski definition) is 2. The van der Waals surface area contributed by atoms with Crippen molar-refractivity contribution in [2.75, 3.05) is 18.4 Å². The van der Waals surface area contributed by atoms with Gasteiger partial charge in [0.05, 0.1) is 5.69 Å². The molecule has 0 spiro atoms. The predicted molar refractivity (Wildman–Crippen MR) is 80.7 cm³/mol. The summed E-state index contributed by atoms with van der Waals surface area (Å²) < 4.78 is 1.80. The van der Waals surface area contributed by atoms with Gasteiger partial charge in [-0.1, -0.05) is 6.07 Å². The molecule has 1 aromatic rings. The molecule has 1 amide bonds. The number of piperidine rings is 1. The fourth-order valence-corrected chi connectivity index (χ4v) is 3.35. The summed E-state index contributed by atoms with van der Waals surface area (Å²) in [6.07, 6.45) is 2.78. The number of anilines is 1. The van der Waals surface area contributed by atoms with Crippen molar-refractivity contribution in [3.05, 3.63) is 27.1 Å². The lowest BCUT2D eigenvalue weighted by atomic mass is 9.94. The third kappa shape index (κ3) is 3.80. The third-order valence-electron chi connectivity index (χ3n) is 3.16. The number of rotatable bonds is 3. The highest BCUT2D eigenvalue weighted by atomic mass is 79.9. The fraction of sp³-hybridized carbons (Fsp3) is 0.462. The first-order valence-electron chi connectivity index (χ1n) is 6.11. The van der Waals surface area contributed by atoms with Gasteiger partial charge >= 0.3 is 0 Å². The van der Waals surface area contributed by atoms with Crippen LogP contribution in [0.3, 0.4) is 0 Å². The molecule has 0 unspecified atom stereocenters. The van der Waals surface area contributed by atoms with E-state index in [2.05, 4.69) is 42.5 Å². The van der Waals surface area contributed by atoms with E-state index in [0.29, 0.717) is 12.3 Å². The van der Waals surface area contributed by atoms with Gasteiger partial charge < -0.3 is 10.6 Å². The molecule has 3 nitrogen and oxygen atoms in total. The molecule has 1 fully saturated rings. The second-order valence-electron chi connectivity index (χ2n) is 4.54. The van der Waals surface area contributed by atoms with Crippen molar-refractivity contribution in [2.45, 2.75) is 19.3 Å². The Hall–Kier alpha value is -0.390. The molecule has 2 N–H and O–H groups in total. The summed E-state index contributed by atoms with van der Waals surface area (Å²) in [5, 5.41) is 6.28. The van der Waals surface area contributed by atoms with E-state index in [0.717, 1.165) is 40.6 Å². The molecule has 2 rings (SSSR count). The normalized spacial score (nSPS) is 16.6. The van der Waals surface area contributed by atoms with E-state index in [1.54, 1.807) is 0 Å². The molecular weight excluding hydrogens is 360 g/mol. The minimum Gasteiger partial charge on any atom is -0.324 e. The first-order valence-corrected chi connectivity index (χ1v) is 7.70. The molecule has 5 heteroatoms. The van der Waals surface area contributed by atoms with E-state index in [9.17, 15) is 4.79 Å². The van der Waals surface area contributed by atoms with Gasteiger partial charge in [-0.05, 0) is 75.8 Å². The van der Waals surface area contributed by atoms with Crippen molar-refractivity contribution in [3.63, 3.8) is 0 Å². The zero-order valence-corrected chi connectivity index (χ0v) is 13.2. The van der Waals surface area contributed by atoms with E-state index in [1.807, 2.05) is 18.2 Å². The Kier molecular flexibility index (Phi) is 5.21. The monoisotopic (exact) mass is 374 g/mol. The molecule has 0 radical (unpaired) electrons. The lowest BCUT2D eigenvalue weighted by Crippen LogP contribution is -2.30. The highest BCUT2D eigenvalue weighted by Gasteiger charge is 2.17. The van der Waals surface area contributed by atoms with E-state index in [-0.39, 0.29) is 5.91 Å². The van der Waals surface area contributed by atoms with Gasteiger partial charge in [-0.3, -0.25) is 4.79 Å². The number of nitrogens with one attached hydrogen (secondary N) is 2. The molecule has 0 atom stereocenters. The molecule has 98 valence electrons. The van der Waals surface area contributed by atoms with Crippen LogP contribution in [0.2, 0.25) is 0 Å². The lowest BCUT2D eigenvalue weighted by Gasteiger charge is -2.22. The smallest absolute Gasteiger partial charge is 0.224 e. The van der Waals surface area contributed by atoms with E-state index >= 15 is 0 Å². The quantitative estimate of drug-likeness (QED) is 0.848. The molecule has 0 aromatic heterocycles. The highest BCUT2D eigenvalue weighted by molar-refractivity contribution is 9.11. The first kappa shape index (κ1) is 14.0. The maximum Gasteiger partial charge on any atom is 0.224 e. The first-order chi connectivity index (χ1) is 8.66. The molecule has 1 aliphatic heterocycles. The Balaban J connectivity index is 1.94. The number of carbonyl (C=O) groups excluding carboxylic acids is 1. The van der Waals surface area contributed by atoms with Crippen LogP contribution in [-0.2, 0) is 4.79 Å². The molecule has 1 saturated heterocycles. The van der Waals surface area contributed by atoms with Gasteiger partial charge in [0.15, 0.2) is 0 Å². The number of carbonyl (C=O) groups is 1. The molecule has 1 aliphatic rings. The summed E-state index contributed by atoms with van der Waals surface area (Å²) >= 11 is 6.89. The predicted octanol–water partition coefficient (Wildman–Crippen LogP) is 3.54. The van der Waals surface area contributed by atoms with Crippen molar-refractivity contribution in [1.29, 1.82) is 0 Å². The zero-order chi connectivity index (χ0) is 13.0. The summed E-state index contributed by atoms with van der Waals surface area (Å²) in [5.74, 6) is 0.599. The van der Waals surface area contributed by atoms with Gasteiger partial charge in [0, 0.05) is 15.4 Å². The Morgan fingerprint density at radius 2 is 1.89 bits per heavy atom. The second-order valence-corrected chi connectivity index (χ2v) is 6.25. The largest absolute Gasteiger partial charge is 0.324 e. The topological polar surface area (TPSA) is 41.1 Å². The molecule has 18 heavy (non-hydrogen) atoms. The average molecular weight is 376 g/mol. The van der Waals surface area contributed by atoms with Crippen LogP contribution >= 0.6 is 31.9 Å². The summed E-state index contributed by atoms with van der Waals surface area (Å²) in [6.45, 7) is 2.05. The molecule has 0 aliphatic carbocycles. The van der Waals surface area contributed by atoms with Gasteiger partial charge in [-0.2, -0.15) is 0 Å². The fourth-order valence-electron chi connectivity index (χ4n) is 2.16. The third-order valence-corrected chi connectivity index (χ3v) is 4.48. The van der Waals surface area contributed by atoms with Crippen LogP contribution in [0.5, 0.6) is 0 Å². The summed E-state index contributed by atoms with van der Waals surface area (Å²) in [6, 6.07) is 5.77. The Morgan fingerprint density at radius 3 is 2.50 bits per heavy atom. The van der Waals surface area contributed by atoms with Crippen molar-refractivity contribution in [1.82, 2.24) is 5.32 Å². The number of amides is 1. The summed E-state index contributed by atoms with van der Waals surface area (Å²) in [5.41, 5.74) is 0.816. The van der Waals surface area contributed by atoms with Gasteiger partial charge in [0.25, 0.3) is 0 Å². The van der Waals surface area contributed by atoms with Crippen LogP contribution in [0, 0.1) is 5.92 Å².